The van der Waals surface area contributed by atoms with E-state index in [0.29, 0.717) is 6.54 Å². The Morgan fingerprint density at radius 3 is 2.50 bits per heavy atom. The normalized spacial score (nSPS) is 17.8. The minimum Gasteiger partial charge on any atom is -0.380 e. The molecule has 2 rings (SSSR count). The smallest absolute Gasteiger partial charge is 0.123 e. The van der Waals surface area contributed by atoms with Crippen LogP contribution in [0.5, 0.6) is 0 Å². The first-order chi connectivity index (χ1) is 8.63. The molecule has 1 aliphatic heterocycles. The fourth-order valence-electron chi connectivity index (χ4n) is 2.29. The second kappa shape index (κ2) is 5.78. The number of likely N-dealkylation sites (N-methyl/N-ethyl adjacent to an activating group) is 1. The Kier molecular flexibility index (Phi) is 4.32. The second-order valence-corrected chi connectivity index (χ2v) is 5.31. The van der Waals surface area contributed by atoms with Crippen LogP contribution in [0.15, 0.2) is 24.3 Å². The van der Waals surface area contributed by atoms with Crippen LogP contribution in [0.1, 0.15) is 5.56 Å². The first-order valence-electron chi connectivity index (χ1n) is 6.34. The summed E-state index contributed by atoms with van der Waals surface area (Å²) in [6, 6.07) is 6.70. The van der Waals surface area contributed by atoms with Crippen LogP contribution < -0.4 is 5.73 Å². The first-order valence-corrected chi connectivity index (χ1v) is 6.34. The number of hydrogen-bond donors (Lipinski definition) is 1. The summed E-state index contributed by atoms with van der Waals surface area (Å²) >= 11 is 0. The summed E-state index contributed by atoms with van der Waals surface area (Å²) in [6.07, 6.45) is 0.929. The number of hydrogen-bond acceptors (Lipinski definition) is 3. The van der Waals surface area contributed by atoms with Crippen molar-refractivity contribution < 1.29 is 9.13 Å². The molecular weight excluding hydrogens is 231 g/mol. The number of benzene rings is 1. The van der Waals surface area contributed by atoms with Gasteiger partial charge in [0.1, 0.15) is 5.82 Å². The van der Waals surface area contributed by atoms with Crippen LogP contribution in [0, 0.1) is 11.2 Å². The Morgan fingerprint density at radius 1 is 1.33 bits per heavy atom. The molecule has 0 aliphatic carbocycles. The topological polar surface area (TPSA) is 38.5 Å². The Labute approximate surface area is 108 Å². The van der Waals surface area contributed by atoms with Crippen molar-refractivity contribution in [3.05, 3.63) is 35.6 Å². The van der Waals surface area contributed by atoms with E-state index in [0.717, 1.165) is 38.3 Å². The van der Waals surface area contributed by atoms with Crippen LogP contribution in [0.2, 0.25) is 0 Å². The molecule has 18 heavy (non-hydrogen) atoms. The van der Waals surface area contributed by atoms with E-state index in [2.05, 4.69) is 11.9 Å². The van der Waals surface area contributed by atoms with Crippen molar-refractivity contribution in [3.8, 4) is 0 Å². The summed E-state index contributed by atoms with van der Waals surface area (Å²) in [7, 11) is 2.10. The maximum Gasteiger partial charge on any atom is 0.123 e. The van der Waals surface area contributed by atoms with Crippen LogP contribution in [0.3, 0.4) is 0 Å². The van der Waals surface area contributed by atoms with Gasteiger partial charge >= 0.3 is 0 Å². The van der Waals surface area contributed by atoms with Gasteiger partial charge in [0, 0.05) is 25.0 Å². The summed E-state index contributed by atoms with van der Waals surface area (Å²) in [5, 5.41) is 0. The maximum absolute atomic E-state index is 12.8. The van der Waals surface area contributed by atoms with Crippen molar-refractivity contribution in [2.45, 2.75) is 6.42 Å². The van der Waals surface area contributed by atoms with E-state index in [4.69, 9.17) is 10.5 Å². The molecule has 4 heteroatoms. The molecule has 0 amide bonds. The van der Waals surface area contributed by atoms with Gasteiger partial charge in [0.15, 0.2) is 0 Å². The predicted octanol–water partition coefficient (Wildman–Crippen LogP) is 1.28. The molecule has 1 aromatic rings. The average molecular weight is 252 g/mol. The van der Waals surface area contributed by atoms with Gasteiger partial charge in [-0.15, -0.1) is 0 Å². The largest absolute Gasteiger partial charge is 0.380 e. The zero-order valence-electron chi connectivity index (χ0n) is 10.9. The molecule has 0 saturated carbocycles. The van der Waals surface area contributed by atoms with Gasteiger partial charge in [0.05, 0.1) is 13.2 Å². The molecule has 2 N–H and O–H groups in total. The molecule has 100 valence electrons. The molecule has 3 nitrogen and oxygen atoms in total. The molecule has 0 aromatic heterocycles. The van der Waals surface area contributed by atoms with Crippen molar-refractivity contribution in [1.29, 1.82) is 0 Å². The van der Waals surface area contributed by atoms with Crippen LogP contribution in [-0.4, -0.2) is 44.8 Å². The fraction of sp³-hybridized carbons (Fsp3) is 0.571. The van der Waals surface area contributed by atoms with E-state index in [9.17, 15) is 4.39 Å². The lowest BCUT2D eigenvalue weighted by Gasteiger charge is -2.43. The van der Waals surface area contributed by atoms with E-state index in [1.54, 1.807) is 0 Å². The first kappa shape index (κ1) is 13.5. The number of nitrogens with zero attached hydrogens (tertiary/aromatic N) is 1. The number of nitrogens with two attached hydrogens (primary N) is 1. The molecule has 0 bridgehead atoms. The Hall–Kier alpha value is -0.970. The second-order valence-electron chi connectivity index (χ2n) is 5.31. The summed E-state index contributed by atoms with van der Waals surface area (Å²) in [5.74, 6) is -0.180. The third-order valence-electron chi connectivity index (χ3n) is 3.55. The summed E-state index contributed by atoms with van der Waals surface area (Å²) in [5.41, 5.74) is 7.10. The highest BCUT2D eigenvalue weighted by Gasteiger charge is 2.37. The van der Waals surface area contributed by atoms with Crippen LogP contribution in [0.4, 0.5) is 4.39 Å². The monoisotopic (exact) mass is 252 g/mol. The highest BCUT2D eigenvalue weighted by Crippen LogP contribution is 2.26. The van der Waals surface area contributed by atoms with Crippen molar-refractivity contribution >= 4 is 0 Å². The third-order valence-corrected chi connectivity index (χ3v) is 3.55. The van der Waals surface area contributed by atoms with Crippen molar-refractivity contribution in [1.82, 2.24) is 4.90 Å². The number of halogens is 1. The van der Waals surface area contributed by atoms with Crippen molar-refractivity contribution in [3.63, 3.8) is 0 Å². The molecule has 0 spiro atoms. The molecule has 1 heterocycles. The van der Waals surface area contributed by atoms with Crippen LogP contribution in [0.25, 0.3) is 0 Å². The minimum absolute atomic E-state index is 0.150. The SMILES string of the molecule is CN(CCc1ccc(F)cc1)CC1(CN)COC1. The van der Waals surface area contributed by atoms with E-state index in [1.807, 2.05) is 12.1 Å². The molecular formula is C14H21FN2O. The molecule has 0 unspecified atom stereocenters. The molecule has 1 aliphatic rings. The van der Waals surface area contributed by atoms with Crippen molar-refractivity contribution in [2.75, 3.05) is 39.9 Å². The molecule has 0 atom stereocenters. The van der Waals surface area contributed by atoms with Gasteiger partial charge in [-0.25, -0.2) is 4.39 Å². The van der Waals surface area contributed by atoms with Crippen molar-refractivity contribution in [2.24, 2.45) is 11.1 Å². The van der Waals surface area contributed by atoms with Gasteiger partial charge in [0.2, 0.25) is 0 Å². The number of rotatable bonds is 6. The minimum atomic E-state index is -0.180. The highest BCUT2D eigenvalue weighted by atomic mass is 19.1. The predicted molar refractivity (Wildman–Crippen MR) is 69.9 cm³/mol. The molecule has 1 aromatic carbocycles. The highest BCUT2D eigenvalue weighted by molar-refractivity contribution is 5.16. The summed E-state index contributed by atoms with van der Waals surface area (Å²) in [4.78, 5) is 2.28. The molecule has 0 radical (unpaired) electrons. The van der Waals surface area contributed by atoms with E-state index < -0.39 is 0 Å². The van der Waals surface area contributed by atoms with Gasteiger partial charge in [-0.3, -0.25) is 0 Å². The Balaban J connectivity index is 1.77. The fourth-order valence-corrected chi connectivity index (χ4v) is 2.29. The van der Waals surface area contributed by atoms with Gasteiger partial charge in [-0.05, 0) is 31.2 Å². The lowest BCUT2D eigenvalue weighted by molar-refractivity contribution is -0.117. The summed E-state index contributed by atoms with van der Waals surface area (Å²) in [6.45, 7) is 4.13. The molecule has 1 saturated heterocycles. The van der Waals surface area contributed by atoms with Gasteiger partial charge < -0.3 is 15.4 Å². The van der Waals surface area contributed by atoms with Gasteiger partial charge in [-0.1, -0.05) is 12.1 Å². The quantitative estimate of drug-likeness (QED) is 0.829. The van der Waals surface area contributed by atoms with Crippen LogP contribution >= 0.6 is 0 Å². The number of ether oxygens (including phenoxy) is 1. The third kappa shape index (κ3) is 3.28. The van der Waals surface area contributed by atoms with Gasteiger partial charge in [0.25, 0.3) is 0 Å². The zero-order chi connectivity index (χ0) is 13.0. The maximum atomic E-state index is 12.8. The zero-order valence-corrected chi connectivity index (χ0v) is 10.9. The van der Waals surface area contributed by atoms with Gasteiger partial charge in [-0.2, -0.15) is 0 Å². The molecule has 1 fully saturated rings. The lowest BCUT2D eigenvalue weighted by atomic mass is 9.85. The average Bonchev–Trinajstić information content (AvgIpc) is 2.33. The lowest BCUT2D eigenvalue weighted by Crippen LogP contribution is -2.54. The summed E-state index contributed by atoms with van der Waals surface area (Å²) < 4.78 is 18.0. The Bertz CT molecular complexity index is 370. The van der Waals surface area contributed by atoms with Crippen LogP contribution in [-0.2, 0) is 11.2 Å². The van der Waals surface area contributed by atoms with E-state index in [-0.39, 0.29) is 11.2 Å². The standard InChI is InChI=1S/C14H21FN2O/c1-17(9-14(8-16)10-18-11-14)7-6-12-2-4-13(15)5-3-12/h2-5H,6-11,16H2,1H3. The van der Waals surface area contributed by atoms with E-state index in [1.165, 1.54) is 12.1 Å². The Morgan fingerprint density at radius 2 is 2.00 bits per heavy atom. The van der Waals surface area contributed by atoms with E-state index >= 15 is 0 Å².